The van der Waals surface area contributed by atoms with Crippen LogP contribution in [0.15, 0.2) is 22.9 Å². The van der Waals surface area contributed by atoms with Crippen molar-refractivity contribution in [3.05, 3.63) is 24.2 Å². The molecule has 0 bridgehead atoms. The fourth-order valence-corrected chi connectivity index (χ4v) is 1.73. The van der Waals surface area contributed by atoms with E-state index in [4.69, 9.17) is 9.26 Å². The van der Waals surface area contributed by atoms with Crippen LogP contribution < -0.4 is 0 Å². The van der Waals surface area contributed by atoms with Crippen molar-refractivity contribution in [1.82, 2.24) is 15.1 Å². The number of ether oxygens (including phenoxy) is 1. The van der Waals surface area contributed by atoms with Crippen LogP contribution in [0.3, 0.4) is 0 Å². The zero-order valence-corrected chi connectivity index (χ0v) is 12.2. The third-order valence-electron chi connectivity index (χ3n) is 2.87. The van der Waals surface area contributed by atoms with Gasteiger partial charge in [0.05, 0.1) is 18.2 Å². The monoisotopic (exact) mass is 291 g/mol. The number of esters is 1. The molecule has 21 heavy (non-hydrogen) atoms. The van der Waals surface area contributed by atoms with E-state index >= 15 is 0 Å². The van der Waals surface area contributed by atoms with E-state index in [1.54, 1.807) is 26.8 Å². The standard InChI is InChI=1S/C14H17N3O4/c1-4-20-13(19)14(2,3)7-11-16-12(17-21-11)10-6-5-9(18)8-15-10/h5-6,8,18H,4,7H2,1-3H3. The lowest BCUT2D eigenvalue weighted by atomic mass is 9.89. The van der Waals surface area contributed by atoms with E-state index in [0.717, 1.165) is 0 Å². The normalized spacial score (nSPS) is 11.4. The highest BCUT2D eigenvalue weighted by molar-refractivity contribution is 5.76. The summed E-state index contributed by atoms with van der Waals surface area (Å²) in [5, 5.41) is 13.0. The third-order valence-corrected chi connectivity index (χ3v) is 2.87. The number of hydrogen-bond acceptors (Lipinski definition) is 7. The van der Waals surface area contributed by atoms with Gasteiger partial charge in [-0.05, 0) is 32.9 Å². The molecule has 0 amide bonds. The predicted molar refractivity (Wildman–Crippen MR) is 73.3 cm³/mol. The average Bonchev–Trinajstić information content (AvgIpc) is 2.87. The van der Waals surface area contributed by atoms with E-state index in [-0.39, 0.29) is 18.1 Å². The van der Waals surface area contributed by atoms with Crippen molar-refractivity contribution in [2.75, 3.05) is 6.61 Å². The first kappa shape index (κ1) is 15.0. The minimum atomic E-state index is -0.748. The summed E-state index contributed by atoms with van der Waals surface area (Å²) in [7, 11) is 0. The van der Waals surface area contributed by atoms with Gasteiger partial charge in [-0.2, -0.15) is 4.98 Å². The zero-order valence-electron chi connectivity index (χ0n) is 12.2. The molecule has 112 valence electrons. The molecule has 0 atom stereocenters. The maximum Gasteiger partial charge on any atom is 0.312 e. The summed E-state index contributed by atoms with van der Waals surface area (Å²) in [6.45, 7) is 5.60. The SMILES string of the molecule is CCOC(=O)C(C)(C)Cc1nc(-c2ccc(O)cn2)no1. The number of pyridine rings is 1. The fraction of sp³-hybridized carbons (Fsp3) is 0.429. The molecular formula is C14H17N3O4. The molecule has 0 aliphatic heterocycles. The molecule has 0 fully saturated rings. The highest BCUT2D eigenvalue weighted by atomic mass is 16.5. The van der Waals surface area contributed by atoms with Gasteiger partial charge >= 0.3 is 5.97 Å². The van der Waals surface area contributed by atoms with Gasteiger partial charge in [0.2, 0.25) is 11.7 Å². The molecule has 2 aromatic heterocycles. The molecule has 2 aromatic rings. The number of carbonyl (C=O) groups is 1. The van der Waals surface area contributed by atoms with Crippen LogP contribution in [-0.2, 0) is 16.0 Å². The Kier molecular flexibility index (Phi) is 4.21. The quantitative estimate of drug-likeness (QED) is 0.841. The Morgan fingerprint density at radius 1 is 1.43 bits per heavy atom. The number of aromatic hydroxyl groups is 1. The predicted octanol–water partition coefficient (Wildman–Crippen LogP) is 1.97. The smallest absolute Gasteiger partial charge is 0.312 e. The molecule has 7 nitrogen and oxygen atoms in total. The second-order valence-electron chi connectivity index (χ2n) is 5.19. The molecule has 0 unspecified atom stereocenters. The van der Waals surface area contributed by atoms with Crippen molar-refractivity contribution in [3.8, 4) is 17.3 Å². The van der Waals surface area contributed by atoms with Gasteiger partial charge in [0.25, 0.3) is 0 Å². The maximum absolute atomic E-state index is 11.8. The molecule has 0 saturated carbocycles. The van der Waals surface area contributed by atoms with Crippen molar-refractivity contribution >= 4 is 5.97 Å². The van der Waals surface area contributed by atoms with Gasteiger partial charge < -0.3 is 14.4 Å². The van der Waals surface area contributed by atoms with Gasteiger partial charge in [0.1, 0.15) is 11.4 Å². The van der Waals surface area contributed by atoms with E-state index in [2.05, 4.69) is 15.1 Å². The summed E-state index contributed by atoms with van der Waals surface area (Å²) in [4.78, 5) is 20.0. The topological polar surface area (TPSA) is 98.3 Å². The van der Waals surface area contributed by atoms with Crippen molar-refractivity contribution in [2.45, 2.75) is 27.2 Å². The van der Waals surface area contributed by atoms with Crippen LogP contribution in [0.4, 0.5) is 0 Å². The largest absolute Gasteiger partial charge is 0.506 e. The number of rotatable bonds is 5. The second-order valence-corrected chi connectivity index (χ2v) is 5.19. The van der Waals surface area contributed by atoms with Crippen molar-refractivity contribution < 1.29 is 19.2 Å². The van der Waals surface area contributed by atoms with E-state index in [1.165, 1.54) is 12.3 Å². The van der Waals surface area contributed by atoms with Gasteiger partial charge in [0.15, 0.2) is 0 Å². The number of nitrogens with zero attached hydrogens (tertiary/aromatic N) is 3. The van der Waals surface area contributed by atoms with Crippen molar-refractivity contribution in [3.63, 3.8) is 0 Å². The van der Waals surface area contributed by atoms with Crippen LogP contribution in [0.25, 0.3) is 11.5 Å². The molecule has 2 heterocycles. The van der Waals surface area contributed by atoms with Crippen molar-refractivity contribution in [1.29, 1.82) is 0 Å². The first-order valence-electron chi connectivity index (χ1n) is 6.57. The Morgan fingerprint density at radius 3 is 2.81 bits per heavy atom. The van der Waals surface area contributed by atoms with Gasteiger partial charge in [-0.25, -0.2) is 4.98 Å². The Balaban J connectivity index is 2.13. The molecule has 7 heteroatoms. The molecule has 2 rings (SSSR count). The summed E-state index contributed by atoms with van der Waals surface area (Å²) >= 11 is 0. The Labute approximate surface area is 122 Å². The highest BCUT2D eigenvalue weighted by Gasteiger charge is 2.32. The Bertz CT molecular complexity index is 619. The van der Waals surface area contributed by atoms with Crippen molar-refractivity contribution in [2.24, 2.45) is 5.41 Å². The molecule has 0 aliphatic carbocycles. The summed E-state index contributed by atoms with van der Waals surface area (Å²) in [5.74, 6) is 0.390. The fourth-order valence-electron chi connectivity index (χ4n) is 1.73. The lowest BCUT2D eigenvalue weighted by Gasteiger charge is -2.19. The Hall–Kier alpha value is -2.44. The zero-order chi connectivity index (χ0) is 15.5. The molecule has 0 spiro atoms. The molecular weight excluding hydrogens is 274 g/mol. The highest BCUT2D eigenvalue weighted by Crippen LogP contribution is 2.24. The van der Waals surface area contributed by atoms with Crippen LogP contribution >= 0.6 is 0 Å². The summed E-state index contributed by atoms with van der Waals surface area (Å²) in [5.41, 5.74) is -0.265. The molecule has 0 aliphatic rings. The molecule has 0 saturated heterocycles. The van der Waals surface area contributed by atoms with Crippen LogP contribution in [-0.4, -0.2) is 32.8 Å². The number of hydrogen-bond donors (Lipinski definition) is 1. The van der Waals surface area contributed by atoms with Gasteiger partial charge in [-0.1, -0.05) is 5.16 Å². The molecule has 0 radical (unpaired) electrons. The van der Waals surface area contributed by atoms with E-state index in [9.17, 15) is 9.90 Å². The van der Waals surface area contributed by atoms with Crippen LogP contribution in [0, 0.1) is 5.41 Å². The third kappa shape index (κ3) is 3.56. The second kappa shape index (κ2) is 5.90. The maximum atomic E-state index is 11.8. The van der Waals surface area contributed by atoms with E-state index in [1.807, 2.05) is 0 Å². The lowest BCUT2D eigenvalue weighted by molar-refractivity contribution is -0.153. The summed E-state index contributed by atoms with van der Waals surface area (Å²) in [6.07, 6.45) is 1.57. The van der Waals surface area contributed by atoms with Crippen LogP contribution in [0.5, 0.6) is 5.75 Å². The Morgan fingerprint density at radius 2 is 2.19 bits per heavy atom. The van der Waals surface area contributed by atoms with E-state index in [0.29, 0.717) is 24.0 Å². The van der Waals surface area contributed by atoms with E-state index < -0.39 is 5.41 Å². The van der Waals surface area contributed by atoms with Crippen LogP contribution in [0.2, 0.25) is 0 Å². The molecule has 0 aromatic carbocycles. The lowest BCUT2D eigenvalue weighted by Crippen LogP contribution is -2.29. The van der Waals surface area contributed by atoms with Gasteiger partial charge in [0, 0.05) is 6.42 Å². The number of carbonyl (C=O) groups excluding carboxylic acids is 1. The summed E-state index contributed by atoms with van der Waals surface area (Å²) in [6, 6.07) is 3.07. The van der Waals surface area contributed by atoms with Crippen LogP contribution in [0.1, 0.15) is 26.7 Å². The van der Waals surface area contributed by atoms with Gasteiger partial charge in [-0.3, -0.25) is 4.79 Å². The first-order valence-corrected chi connectivity index (χ1v) is 6.57. The number of aromatic nitrogens is 3. The minimum absolute atomic E-state index is 0.0610. The average molecular weight is 291 g/mol. The minimum Gasteiger partial charge on any atom is -0.506 e. The molecule has 1 N–H and O–H groups in total. The van der Waals surface area contributed by atoms with Gasteiger partial charge in [-0.15, -0.1) is 0 Å². The summed E-state index contributed by atoms with van der Waals surface area (Å²) < 4.78 is 10.2. The first-order chi connectivity index (χ1) is 9.92.